The van der Waals surface area contributed by atoms with E-state index < -0.39 is 11.9 Å². The Morgan fingerprint density at radius 2 is 2.16 bits per heavy atom. The first-order valence-corrected chi connectivity index (χ1v) is 6.39. The number of nitrogens with two attached hydrogens (primary N) is 1. The highest BCUT2D eigenvalue weighted by atomic mass is 35.5. The lowest BCUT2D eigenvalue weighted by Gasteiger charge is -2.21. The first-order chi connectivity index (χ1) is 8.97. The van der Waals surface area contributed by atoms with Crippen molar-refractivity contribution < 1.29 is 19.4 Å². The average molecular weight is 286 g/mol. The van der Waals surface area contributed by atoms with Gasteiger partial charge >= 0.3 is 5.97 Å². The van der Waals surface area contributed by atoms with Crippen LogP contribution in [0.1, 0.15) is 36.8 Å². The average Bonchev–Trinajstić information content (AvgIpc) is 2.76. The zero-order valence-corrected chi connectivity index (χ0v) is 11.5. The van der Waals surface area contributed by atoms with Crippen LogP contribution in [0, 0.1) is 0 Å². The number of carboxylic acid groups (broad SMARTS) is 1. The van der Waals surface area contributed by atoms with E-state index in [1.54, 1.807) is 6.07 Å². The van der Waals surface area contributed by atoms with Crippen LogP contribution >= 0.6 is 11.6 Å². The minimum atomic E-state index is -0.995. The van der Waals surface area contributed by atoms with Gasteiger partial charge in [-0.1, -0.05) is 25.4 Å². The molecule has 19 heavy (non-hydrogen) atoms. The largest absolute Gasteiger partial charge is 0.481 e. The maximum atomic E-state index is 11.3. The van der Waals surface area contributed by atoms with Gasteiger partial charge in [0, 0.05) is 23.2 Å². The van der Waals surface area contributed by atoms with Crippen LogP contribution in [0.25, 0.3) is 0 Å². The second kappa shape index (κ2) is 5.27. The van der Waals surface area contributed by atoms with E-state index in [4.69, 9.17) is 26.8 Å². The summed E-state index contributed by atoms with van der Waals surface area (Å²) in [5, 5.41) is 9.65. The number of carbonyl (C=O) groups is 1. The van der Waals surface area contributed by atoms with Gasteiger partial charge in [0.15, 0.2) is 11.5 Å². The summed E-state index contributed by atoms with van der Waals surface area (Å²) < 4.78 is 10.8. The molecule has 1 aromatic carbocycles. The number of hydrogen-bond donors (Lipinski definition) is 2. The fourth-order valence-corrected chi connectivity index (χ4v) is 2.65. The Hall–Kier alpha value is -1.46. The summed E-state index contributed by atoms with van der Waals surface area (Å²) in [6.07, 6.45) is 0. The molecule has 1 aliphatic heterocycles. The van der Waals surface area contributed by atoms with Crippen molar-refractivity contribution in [3.63, 3.8) is 0 Å². The van der Waals surface area contributed by atoms with Gasteiger partial charge in [0.2, 0.25) is 6.79 Å². The number of hydrogen-bond acceptors (Lipinski definition) is 4. The number of fused-ring (bicyclic) bond motifs is 1. The van der Waals surface area contributed by atoms with E-state index in [0.717, 1.165) is 5.56 Å². The number of benzene rings is 1. The molecule has 1 aromatic rings. The molecule has 0 aliphatic carbocycles. The van der Waals surface area contributed by atoms with Crippen LogP contribution in [0.4, 0.5) is 0 Å². The summed E-state index contributed by atoms with van der Waals surface area (Å²) in [7, 11) is 0. The predicted molar refractivity (Wildman–Crippen MR) is 71.1 cm³/mol. The molecular weight excluding hydrogens is 270 g/mol. The van der Waals surface area contributed by atoms with Crippen molar-refractivity contribution in [1.82, 2.24) is 0 Å². The highest BCUT2D eigenvalue weighted by molar-refractivity contribution is 6.32. The van der Waals surface area contributed by atoms with Gasteiger partial charge in [-0.3, -0.25) is 4.79 Å². The molecule has 0 spiro atoms. The lowest BCUT2D eigenvalue weighted by atomic mass is 9.87. The molecule has 0 saturated heterocycles. The molecule has 1 atom stereocenters. The van der Waals surface area contributed by atoms with E-state index in [1.807, 2.05) is 13.8 Å². The second-order valence-electron chi connectivity index (χ2n) is 4.70. The zero-order valence-electron chi connectivity index (χ0n) is 10.8. The lowest BCUT2D eigenvalue weighted by Crippen LogP contribution is -2.23. The van der Waals surface area contributed by atoms with Crippen molar-refractivity contribution in [3.05, 3.63) is 22.2 Å². The van der Waals surface area contributed by atoms with Gasteiger partial charge in [-0.25, -0.2) is 0 Å². The van der Waals surface area contributed by atoms with Crippen LogP contribution in [0.2, 0.25) is 5.02 Å². The Bertz CT molecular complexity index is 516. The van der Waals surface area contributed by atoms with Gasteiger partial charge in [-0.05, 0) is 11.5 Å². The van der Waals surface area contributed by atoms with Crippen LogP contribution in [0.15, 0.2) is 6.07 Å². The first kappa shape index (κ1) is 14.0. The summed E-state index contributed by atoms with van der Waals surface area (Å²) in [6, 6.07) is 1.59. The highest BCUT2D eigenvalue weighted by Crippen LogP contribution is 2.46. The van der Waals surface area contributed by atoms with Crippen molar-refractivity contribution in [2.75, 3.05) is 13.3 Å². The minimum Gasteiger partial charge on any atom is -0.481 e. The first-order valence-electron chi connectivity index (χ1n) is 6.02. The maximum absolute atomic E-state index is 11.3. The van der Waals surface area contributed by atoms with Gasteiger partial charge in [0.25, 0.3) is 0 Å². The van der Waals surface area contributed by atoms with E-state index in [1.165, 1.54) is 0 Å². The Balaban J connectivity index is 2.68. The summed E-state index contributed by atoms with van der Waals surface area (Å²) in [6.45, 7) is 4.00. The van der Waals surface area contributed by atoms with E-state index in [0.29, 0.717) is 22.1 Å². The highest BCUT2D eigenvalue weighted by Gasteiger charge is 2.31. The van der Waals surface area contributed by atoms with Gasteiger partial charge in [0.05, 0.1) is 5.92 Å². The van der Waals surface area contributed by atoms with E-state index in [-0.39, 0.29) is 19.3 Å². The third-order valence-corrected chi connectivity index (χ3v) is 3.46. The number of carboxylic acids is 1. The maximum Gasteiger partial charge on any atom is 0.312 e. The third-order valence-electron chi connectivity index (χ3n) is 3.15. The van der Waals surface area contributed by atoms with E-state index in [2.05, 4.69) is 0 Å². The van der Waals surface area contributed by atoms with Crippen molar-refractivity contribution >= 4 is 17.6 Å². The Kier molecular flexibility index (Phi) is 3.87. The summed E-state index contributed by atoms with van der Waals surface area (Å²) in [5.41, 5.74) is 6.86. The standard InChI is InChI=1S/C13H16ClNO4/c1-6(2)10-11(7(4-15)13(16)17)8(14)3-9-12(10)19-5-18-9/h3,6-7H,4-5,15H2,1-2H3,(H,16,17). The number of aliphatic carboxylic acids is 1. The predicted octanol–water partition coefficient (Wildman–Crippen LogP) is 2.32. The fraction of sp³-hybridized carbons (Fsp3) is 0.462. The smallest absolute Gasteiger partial charge is 0.312 e. The molecule has 6 heteroatoms. The Labute approximate surface area is 116 Å². The molecule has 0 amide bonds. The molecule has 1 heterocycles. The fourth-order valence-electron chi connectivity index (χ4n) is 2.32. The zero-order chi connectivity index (χ0) is 14.2. The van der Waals surface area contributed by atoms with Crippen molar-refractivity contribution in [2.24, 2.45) is 5.73 Å². The number of ether oxygens (including phenoxy) is 2. The van der Waals surface area contributed by atoms with Gasteiger partial charge in [0.1, 0.15) is 0 Å². The van der Waals surface area contributed by atoms with Gasteiger partial charge < -0.3 is 20.3 Å². The van der Waals surface area contributed by atoms with Crippen LogP contribution in [0.5, 0.6) is 11.5 Å². The molecule has 0 saturated carbocycles. The Morgan fingerprint density at radius 1 is 1.47 bits per heavy atom. The summed E-state index contributed by atoms with van der Waals surface area (Å²) in [4.78, 5) is 11.3. The normalized spacial score (nSPS) is 14.8. The minimum absolute atomic E-state index is 0.0194. The SMILES string of the molecule is CC(C)c1c2c(cc(Cl)c1C(CN)C(=O)O)OCO2. The Morgan fingerprint density at radius 3 is 2.68 bits per heavy atom. The molecule has 0 fully saturated rings. The molecular formula is C13H16ClNO4. The summed E-state index contributed by atoms with van der Waals surface area (Å²) in [5.74, 6) is -0.658. The molecule has 0 bridgehead atoms. The van der Waals surface area contributed by atoms with Gasteiger partial charge in [-0.15, -0.1) is 0 Å². The molecule has 104 valence electrons. The van der Waals surface area contributed by atoms with E-state index >= 15 is 0 Å². The topological polar surface area (TPSA) is 81.8 Å². The lowest BCUT2D eigenvalue weighted by molar-refractivity contribution is -0.138. The second-order valence-corrected chi connectivity index (χ2v) is 5.11. The van der Waals surface area contributed by atoms with Crippen molar-refractivity contribution in [3.8, 4) is 11.5 Å². The molecule has 5 nitrogen and oxygen atoms in total. The number of halogens is 1. The molecule has 0 aromatic heterocycles. The molecule has 3 N–H and O–H groups in total. The molecule has 1 aliphatic rings. The molecule has 0 radical (unpaired) electrons. The van der Waals surface area contributed by atoms with Crippen LogP contribution in [0.3, 0.4) is 0 Å². The van der Waals surface area contributed by atoms with Crippen LogP contribution < -0.4 is 15.2 Å². The van der Waals surface area contributed by atoms with Crippen molar-refractivity contribution in [2.45, 2.75) is 25.7 Å². The van der Waals surface area contributed by atoms with Crippen LogP contribution in [-0.2, 0) is 4.79 Å². The number of rotatable bonds is 4. The molecule has 1 unspecified atom stereocenters. The van der Waals surface area contributed by atoms with Crippen LogP contribution in [-0.4, -0.2) is 24.4 Å². The monoisotopic (exact) mass is 285 g/mol. The third kappa shape index (κ3) is 2.35. The van der Waals surface area contributed by atoms with Crippen molar-refractivity contribution in [1.29, 1.82) is 0 Å². The molecule has 2 rings (SSSR count). The summed E-state index contributed by atoms with van der Waals surface area (Å²) >= 11 is 6.22. The van der Waals surface area contributed by atoms with Gasteiger partial charge in [-0.2, -0.15) is 0 Å². The van der Waals surface area contributed by atoms with E-state index in [9.17, 15) is 9.90 Å². The quantitative estimate of drug-likeness (QED) is 0.887.